The molecule has 200 valence electrons. The Morgan fingerprint density at radius 3 is 2.53 bits per heavy atom. The Bertz CT molecular complexity index is 1150. The van der Waals surface area contributed by atoms with E-state index >= 15 is 0 Å². The van der Waals surface area contributed by atoms with Gasteiger partial charge in [0.25, 0.3) is 5.56 Å². The Labute approximate surface area is 206 Å². The summed E-state index contributed by atoms with van der Waals surface area (Å²) in [6, 6.07) is 7.23. The second kappa shape index (κ2) is 12.6. The molecule has 0 amide bonds. The number of carboxylic acid groups (broad SMARTS) is 1. The summed E-state index contributed by atoms with van der Waals surface area (Å²) in [5.74, 6) is -0.639. The van der Waals surface area contributed by atoms with Crippen molar-refractivity contribution in [3.05, 3.63) is 50.7 Å². The van der Waals surface area contributed by atoms with Crippen LogP contribution in [0.5, 0.6) is 5.75 Å². The van der Waals surface area contributed by atoms with Gasteiger partial charge in [0.05, 0.1) is 0 Å². The second-order valence-electron chi connectivity index (χ2n) is 8.86. The van der Waals surface area contributed by atoms with E-state index in [1.165, 1.54) is 7.05 Å². The molecule has 1 unspecified atom stereocenters. The minimum absolute atomic E-state index is 0.0941. The van der Waals surface area contributed by atoms with Crippen LogP contribution in [0.1, 0.15) is 57.9 Å². The molecule has 1 aromatic carbocycles. The zero-order valence-electron chi connectivity index (χ0n) is 20.7. The highest BCUT2D eigenvalue weighted by atomic mass is 19.4. The van der Waals surface area contributed by atoms with E-state index < -0.39 is 35.4 Å². The molecule has 2 N–H and O–H groups in total. The fourth-order valence-electron chi connectivity index (χ4n) is 3.68. The second-order valence-corrected chi connectivity index (χ2v) is 8.86. The van der Waals surface area contributed by atoms with Gasteiger partial charge in [0.2, 0.25) is 11.4 Å². The molecular formula is C24H33F3N4O5. The van der Waals surface area contributed by atoms with E-state index in [-0.39, 0.29) is 18.8 Å². The number of aryl methyl sites for hydroxylation is 2. The van der Waals surface area contributed by atoms with Gasteiger partial charge in [-0.05, 0) is 56.7 Å². The van der Waals surface area contributed by atoms with Crippen LogP contribution in [0.4, 0.5) is 19.0 Å². The Balaban J connectivity index is 1.92. The predicted octanol–water partition coefficient (Wildman–Crippen LogP) is 3.74. The summed E-state index contributed by atoms with van der Waals surface area (Å²) in [5, 5.41) is 16.3. The van der Waals surface area contributed by atoms with E-state index in [4.69, 9.17) is 4.74 Å². The predicted molar refractivity (Wildman–Crippen MR) is 128 cm³/mol. The van der Waals surface area contributed by atoms with Crippen molar-refractivity contribution in [2.75, 3.05) is 11.9 Å². The van der Waals surface area contributed by atoms with Gasteiger partial charge < -0.3 is 15.2 Å². The van der Waals surface area contributed by atoms with Crippen LogP contribution in [-0.4, -0.2) is 43.7 Å². The highest BCUT2D eigenvalue weighted by Gasteiger charge is 2.34. The van der Waals surface area contributed by atoms with Crippen LogP contribution in [0.25, 0.3) is 0 Å². The first-order chi connectivity index (χ1) is 16.9. The van der Waals surface area contributed by atoms with Gasteiger partial charge in [-0.1, -0.05) is 25.5 Å². The average molecular weight is 515 g/mol. The number of rotatable bonds is 14. The van der Waals surface area contributed by atoms with Gasteiger partial charge in [-0.25, -0.2) is 14.3 Å². The number of ether oxygens (including phenoxy) is 1. The summed E-state index contributed by atoms with van der Waals surface area (Å²) in [6.07, 6.45) is -2.60. The number of benzene rings is 1. The summed E-state index contributed by atoms with van der Waals surface area (Å²) in [7, 11) is 1.25. The lowest BCUT2D eigenvalue weighted by molar-refractivity contribution is -0.154. The molecule has 0 bridgehead atoms. The van der Waals surface area contributed by atoms with Crippen molar-refractivity contribution in [1.29, 1.82) is 0 Å². The summed E-state index contributed by atoms with van der Waals surface area (Å²) in [5.41, 5.74) is -1.76. The van der Waals surface area contributed by atoms with Crippen LogP contribution in [0, 0.1) is 0 Å². The van der Waals surface area contributed by atoms with E-state index in [9.17, 15) is 32.7 Å². The van der Waals surface area contributed by atoms with Crippen molar-refractivity contribution in [3.8, 4) is 5.75 Å². The number of nitrogens with one attached hydrogen (secondary N) is 1. The molecule has 2 rings (SSSR count). The van der Waals surface area contributed by atoms with Crippen molar-refractivity contribution in [2.24, 2.45) is 7.05 Å². The van der Waals surface area contributed by atoms with Gasteiger partial charge >= 0.3 is 17.8 Å². The monoisotopic (exact) mass is 514 g/mol. The van der Waals surface area contributed by atoms with Crippen molar-refractivity contribution in [1.82, 2.24) is 14.3 Å². The molecule has 12 heteroatoms. The van der Waals surface area contributed by atoms with Gasteiger partial charge in [0, 0.05) is 26.6 Å². The molecule has 0 aliphatic carbocycles. The fourth-order valence-corrected chi connectivity index (χ4v) is 3.68. The van der Waals surface area contributed by atoms with Gasteiger partial charge in [-0.15, -0.1) is 5.10 Å². The SMILES string of the molecule is CCCC(C)(Oc1cccc(CCCCNc2nn(CCCC(F)(F)F)c(=O)n(C)c2=O)c1)C(=O)O. The van der Waals surface area contributed by atoms with Crippen LogP contribution in [0.2, 0.25) is 0 Å². The Morgan fingerprint density at radius 1 is 1.17 bits per heavy atom. The fraction of sp³-hybridized carbons (Fsp3) is 0.583. The number of carboxylic acids is 1. The molecule has 9 nitrogen and oxygen atoms in total. The summed E-state index contributed by atoms with van der Waals surface area (Å²) >= 11 is 0. The molecule has 0 aliphatic rings. The van der Waals surface area contributed by atoms with E-state index in [1.807, 2.05) is 13.0 Å². The van der Waals surface area contributed by atoms with Crippen LogP contribution in [0.3, 0.4) is 0 Å². The molecule has 36 heavy (non-hydrogen) atoms. The van der Waals surface area contributed by atoms with Crippen molar-refractivity contribution >= 4 is 11.8 Å². The average Bonchev–Trinajstić information content (AvgIpc) is 2.79. The number of hydrogen-bond acceptors (Lipinski definition) is 6. The van der Waals surface area contributed by atoms with E-state index in [0.717, 1.165) is 21.2 Å². The maximum absolute atomic E-state index is 12.4. The van der Waals surface area contributed by atoms with Crippen LogP contribution >= 0.6 is 0 Å². The first-order valence-electron chi connectivity index (χ1n) is 11.9. The normalized spacial score (nSPS) is 13.3. The largest absolute Gasteiger partial charge is 0.478 e. The Kier molecular flexibility index (Phi) is 10.1. The van der Waals surface area contributed by atoms with Crippen LogP contribution in [-0.2, 0) is 24.8 Å². The number of aromatic nitrogens is 3. The minimum atomic E-state index is -4.33. The maximum Gasteiger partial charge on any atom is 0.389 e. The number of alkyl halides is 3. The van der Waals surface area contributed by atoms with Gasteiger partial charge in [-0.3, -0.25) is 9.36 Å². The molecule has 1 atom stereocenters. The summed E-state index contributed by atoms with van der Waals surface area (Å²) < 4.78 is 44.6. The first kappa shape index (κ1) is 28.9. The number of anilines is 1. The number of nitrogens with zero attached hydrogens (tertiary/aromatic N) is 3. The lowest BCUT2D eigenvalue weighted by atomic mass is 10.0. The highest BCUT2D eigenvalue weighted by molar-refractivity contribution is 5.77. The molecule has 1 heterocycles. The van der Waals surface area contributed by atoms with Gasteiger partial charge in [0.1, 0.15) is 5.75 Å². The van der Waals surface area contributed by atoms with E-state index in [1.54, 1.807) is 25.1 Å². The number of halogens is 3. The van der Waals surface area contributed by atoms with Crippen LogP contribution < -0.4 is 21.3 Å². The standard InChI is InChI=1S/C24H33F3N4O5/c1-4-12-23(2,21(33)34)36-18-11-7-10-17(16-18)9-5-6-14-28-19-20(32)30(3)22(35)31(29-19)15-8-13-24(25,26)27/h7,10-11,16H,4-6,8-9,12-15H2,1-3H3,(H,28,29)(H,33,34). The Morgan fingerprint density at radius 2 is 1.89 bits per heavy atom. The topological polar surface area (TPSA) is 115 Å². The third-order valence-electron chi connectivity index (χ3n) is 5.67. The van der Waals surface area contributed by atoms with Crippen LogP contribution in [0.15, 0.2) is 33.9 Å². The summed E-state index contributed by atoms with van der Waals surface area (Å²) in [6.45, 7) is 3.56. The molecule has 0 saturated carbocycles. The molecule has 0 saturated heterocycles. The highest BCUT2D eigenvalue weighted by Crippen LogP contribution is 2.25. The molecule has 0 aliphatic heterocycles. The van der Waals surface area contributed by atoms with Crippen molar-refractivity contribution < 1.29 is 27.8 Å². The van der Waals surface area contributed by atoms with Crippen molar-refractivity contribution in [3.63, 3.8) is 0 Å². The zero-order chi connectivity index (χ0) is 26.9. The third-order valence-corrected chi connectivity index (χ3v) is 5.67. The first-order valence-corrected chi connectivity index (χ1v) is 11.9. The van der Waals surface area contributed by atoms with E-state index in [0.29, 0.717) is 38.0 Å². The molecule has 1 aromatic heterocycles. The smallest absolute Gasteiger partial charge is 0.389 e. The number of carbonyl (C=O) groups is 1. The van der Waals surface area contributed by atoms with Gasteiger partial charge in [-0.2, -0.15) is 13.2 Å². The number of unbranched alkanes of at least 4 members (excludes halogenated alkanes) is 1. The maximum atomic E-state index is 12.4. The third kappa shape index (κ3) is 8.42. The lowest BCUT2D eigenvalue weighted by Gasteiger charge is -2.26. The minimum Gasteiger partial charge on any atom is -0.478 e. The Hall–Kier alpha value is -3.31. The lowest BCUT2D eigenvalue weighted by Crippen LogP contribution is -2.41. The zero-order valence-corrected chi connectivity index (χ0v) is 20.7. The molecular weight excluding hydrogens is 481 g/mol. The van der Waals surface area contributed by atoms with Crippen molar-refractivity contribution in [2.45, 2.75) is 77.1 Å². The summed E-state index contributed by atoms with van der Waals surface area (Å²) in [4.78, 5) is 36.0. The van der Waals surface area contributed by atoms with E-state index in [2.05, 4.69) is 10.4 Å². The molecule has 0 fully saturated rings. The number of hydrogen-bond donors (Lipinski definition) is 2. The molecule has 0 spiro atoms. The number of aliphatic carboxylic acids is 1. The molecule has 0 radical (unpaired) electrons. The van der Waals surface area contributed by atoms with Gasteiger partial charge in [0.15, 0.2) is 0 Å². The quantitative estimate of drug-likeness (QED) is 0.369. The molecule has 2 aromatic rings.